The van der Waals surface area contributed by atoms with Gasteiger partial charge in [-0.3, -0.25) is 4.79 Å². The van der Waals surface area contributed by atoms with Crippen molar-refractivity contribution in [3.05, 3.63) is 58.0 Å². The van der Waals surface area contributed by atoms with Crippen LogP contribution in [0.1, 0.15) is 24.2 Å². The van der Waals surface area contributed by atoms with Gasteiger partial charge in [0.2, 0.25) is 5.43 Å². The van der Waals surface area contributed by atoms with Crippen LogP contribution >= 0.6 is 0 Å². The molecule has 0 atom stereocenters. The zero-order chi connectivity index (χ0) is 13.4. The maximum absolute atomic E-state index is 12.5. The van der Waals surface area contributed by atoms with Gasteiger partial charge in [-0.25, -0.2) is 0 Å². The molecule has 96 valence electrons. The second-order valence-corrected chi connectivity index (χ2v) is 4.68. The number of aryl methyl sites for hydroxylation is 1. The van der Waals surface area contributed by atoms with Crippen LogP contribution in [0.15, 0.2) is 45.6 Å². The highest BCUT2D eigenvalue weighted by atomic mass is 16.3. The molecule has 0 amide bonds. The molecule has 0 fully saturated rings. The summed E-state index contributed by atoms with van der Waals surface area (Å²) in [4.78, 5) is 12.5. The predicted octanol–water partition coefficient (Wildman–Crippen LogP) is 3.54. The molecule has 1 aliphatic carbocycles. The van der Waals surface area contributed by atoms with Gasteiger partial charge < -0.3 is 9.52 Å². The number of aromatic hydroxyl groups is 1. The molecule has 1 heterocycles. The monoisotopic (exact) mass is 254 g/mol. The molecule has 0 bridgehead atoms. The minimum absolute atomic E-state index is 0.0449. The highest BCUT2D eigenvalue weighted by Gasteiger charge is 2.15. The Hall–Kier alpha value is -2.29. The Morgan fingerprint density at radius 3 is 2.84 bits per heavy atom. The van der Waals surface area contributed by atoms with Gasteiger partial charge >= 0.3 is 0 Å². The topological polar surface area (TPSA) is 50.4 Å². The van der Waals surface area contributed by atoms with Gasteiger partial charge in [0.05, 0.1) is 10.9 Å². The number of benzene rings is 1. The highest BCUT2D eigenvalue weighted by Crippen LogP contribution is 2.26. The van der Waals surface area contributed by atoms with Gasteiger partial charge in [-0.1, -0.05) is 18.2 Å². The molecule has 1 aliphatic rings. The summed E-state index contributed by atoms with van der Waals surface area (Å²) in [6.45, 7) is 1.78. The molecule has 0 saturated carbocycles. The van der Waals surface area contributed by atoms with E-state index >= 15 is 0 Å². The number of hydrogen-bond donors (Lipinski definition) is 1. The minimum Gasteiger partial charge on any atom is -0.508 e. The molecule has 3 nitrogen and oxygen atoms in total. The predicted molar refractivity (Wildman–Crippen MR) is 75.2 cm³/mol. The molecule has 3 rings (SSSR count). The first-order valence-corrected chi connectivity index (χ1v) is 6.30. The second-order valence-electron chi connectivity index (χ2n) is 4.68. The van der Waals surface area contributed by atoms with Crippen molar-refractivity contribution in [2.24, 2.45) is 0 Å². The van der Waals surface area contributed by atoms with E-state index in [0.717, 1.165) is 18.4 Å². The molecule has 0 aliphatic heterocycles. The van der Waals surface area contributed by atoms with Gasteiger partial charge in [0.15, 0.2) is 0 Å². The first kappa shape index (κ1) is 11.8. The van der Waals surface area contributed by atoms with Gasteiger partial charge in [-0.05, 0) is 37.5 Å². The molecule has 1 N–H and O–H groups in total. The van der Waals surface area contributed by atoms with Crippen LogP contribution in [-0.2, 0) is 0 Å². The first-order chi connectivity index (χ1) is 9.16. The summed E-state index contributed by atoms with van der Waals surface area (Å²) in [6.07, 6.45) is 8.05. The molecule has 0 spiro atoms. The Balaban J connectivity index is 2.32. The number of phenolic OH excluding ortho intramolecular Hbond substituents is 1. The summed E-state index contributed by atoms with van der Waals surface area (Å²) < 4.78 is 5.67. The van der Waals surface area contributed by atoms with Crippen molar-refractivity contribution in [1.82, 2.24) is 0 Å². The van der Waals surface area contributed by atoms with E-state index in [-0.39, 0.29) is 11.2 Å². The molecule has 0 unspecified atom stereocenters. The van der Waals surface area contributed by atoms with Crippen molar-refractivity contribution in [3.8, 4) is 5.75 Å². The Bertz CT molecular complexity index is 763. The zero-order valence-corrected chi connectivity index (χ0v) is 10.6. The summed E-state index contributed by atoms with van der Waals surface area (Å²) in [7, 11) is 0. The van der Waals surface area contributed by atoms with E-state index in [2.05, 4.69) is 12.2 Å². The Kier molecular flexibility index (Phi) is 2.75. The Labute approximate surface area is 110 Å². The lowest BCUT2D eigenvalue weighted by molar-refractivity contribution is 0.473. The van der Waals surface area contributed by atoms with E-state index in [9.17, 15) is 9.90 Å². The van der Waals surface area contributed by atoms with Gasteiger partial charge in [0.25, 0.3) is 0 Å². The second kappa shape index (κ2) is 4.43. The number of allylic oxidation sites excluding steroid dienone is 4. The average Bonchev–Trinajstić information content (AvgIpc) is 2.39. The number of fused-ring (bicyclic) bond motifs is 1. The Morgan fingerprint density at radius 1 is 1.26 bits per heavy atom. The van der Waals surface area contributed by atoms with Crippen molar-refractivity contribution in [2.75, 3.05) is 0 Å². The van der Waals surface area contributed by atoms with Crippen molar-refractivity contribution in [2.45, 2.75) is 19.8 Å². The molecule has 19 heavy (non-hydrogen) atoms. The lowest BCUT2D eigenvalue weighted by Gasteiger charge is -2.10. The molecule has 1 aromatic heterocycles. The van der Waals surface area contributed by atoms with E-state index < -0.39 is 0 Å². The highest BCUT2D eigenvalue weighted by molar-refractivity contribution is 5.85. The summed E-state index contributed by atoms with van der Waals surface area (Å²) >= 11 is 0. The van der Waals surface area contributed by atoms with E-state index in [1.807, 2.05) is 6.08 Å². The fourth-order valence-corrected chi connectivity index (χ4v) is 2.43. The largest absolute Gasteiger partial charge is 0.508 e. The molecule has 0 saturated heterocycles. The van der Waals surface area contributed by atoms with Crippen molar-refractivity contribution >= 4 is 16.5 Å². The first-order valence-electron chi connectivity index (χ1n) is 6.30. The maximum atomic E-state index is 12.5. The van der Waals surface area contributed by atoms with E-state index in [1.165, 1.54) is 12.1 Å². The van der Waals surface area contributed by atoms with Crippen molar-refractivity contribution in [3.63, 3.8) is 0 Å². The molecule has 0 radical (unpaired) electrons. The summed E-state index contributed by atoms with van der Waals surface area (Å²) in [5, 5.41) is 9.94. The Morgan fingerprint density at radius 2 is 2.11 bits per heavy atom. The van der Waals surface area contributed by atoms with E-state index in [1.54, 1.807) is 13.0 Å². The normalized spacial score (nSPS) is 14.7. The third-order valence-corrected chi connectivity index (χ3v) is 3.34. The standard InChI is InChI=1S/C16H14O3/c1-10-15(11-5-3-2-4-6-11)16(18)13-8-7-12(17)9-14(13)19-10/h3,5-9,17H,2,4H2,1H3. The maximum Gasteiger partial charge on any atom is 0.200 e. The fraction of sp³-hybridized carbons (Fsp3) is 0.188. The molecular weight excluding hydrogens is 240 g/mol. The van der Waals surface area contributed by atoms with Crippen LogP contribution in [0.4, 0.5) is 0 Å². The van der Waals surface area contributed by atoms with Gasteiger partial charge in [-0.2, -0.15) is 0 Å². The van der Waals surface area contributed by atoms with Gasteiger partial charge in [-0.15, -0.1) is 0 Å². The molecule has 3 heteroatoms. The van der Waals surface area contributed by atoms with Crippen LogP contribution in [0, 0.1) is 6.92 Å². The third kappa shape index (κ3) is 1.97. The van der Waals surface area contributed by atoms with Crippen molar-refractivity contribution < 1.29 is 9.52 Å². The fourth-order valence-electron chi connectivity index (χ4n) is 2.43. The number of phenols is 1. The zero-order valence-electron chi connectivity index (χ0n) is 10.6. The van der Waals surface area contributed by atoms with E-state index in [4.69, 9.17) is 4.42 Å². The number of rotatable bonds is 1. The lowest BCUT2D eigenvalue weighted by atomic mass is 9.97. The molecule has 1 aromatic carbocycles. The van der Waals surface area contributed by atoms with Gasteiger partial charge in [0.1, 0.15) is 17.1 Å². The van der Waals surface area contributed by atoms with Crippen LogP contribution < -0.4 is 5.43 Å². The van der Waals surface area contributed by atoms with Crippen LogP contribution in [0.25, 0.3) is 16.5 Å². The third-order valence-electron chi connectivity index (χ3n) is 3.34. The smallest absolute Gasteiger partial charge is 0.200 e. The average molecular weight is 254 g/mol. The van der Waals surface area contributed by atoms with E-state index in [0.29, 0.717) is 22.3 Å². The van der Waals surface area contributed by atoms with Crippen molar-refractivity contribution in [1.29, 1.82) is 0 Å². The van der Waals surface area contributed by atoms with Gasteiger partial charge in [0, 0.05) is 6.07 Å². The van der Waals surface area contributed by atoms with Crippen LogP contribution in [0.5, 0.6) is 5.75 Å². The molecule has 2 aromatic rings. The quantitative estimate of drug-likeness (QED) is 0.846. The summed E-state index contributed by atoms with van der Waals surface area (Å²) in [6, 6.07) is 4.58. The summed E-state index contributed by atoms with van der Waals surface area (Å²) in [5.74, 6) is 0.681. The summed E-state index contributed by atoms with van der Waals surface area (Å²) in [5.41, 5.74) is 1.92. The minimum atomic E-state index is -0.0449. The SMILES string of the molecule is Cc1oc2cc(O)ccc2c(=O)c1C1=CCCC=C1. The number of hydrogen-bond acceptors (Lipinski definition) is 3. The molecular formula is C16H14O3. The van der Waals surface area contributed by atoms with Crippen LogP contribution in [0.3, 0.4) is 0 Å². The lowest BCUT2D eigenvalue weighted by Crippen LogP contribution is -2.10. The van der Waals surface area contributed by atoms with Crippen LogP contribution in [0.2, 0.25) is 0 Å². The van der Waals surface area contributed by atoms with Crippen LogP contribution in [-0.4, -0.2) is 5.11 Å².